The first kappa shape index (κ1) is 15.0. The van der Waals surface area contributed by atoms with Crippen LogP contribution in [0.25, 0.3) is 0 Å². The molecule has 0 saturated carbocycles. The molecule has 8 nitrogen and oxygen atoms in total. The lowest BCUT2D eigenvalue weighted by atomic mass is 10.1. The summed E-state index contributed by atoms with van der Waals surface area (Å²) in [7, 11) is 0. The van der Waals surface area contributed by atoms with Gasteiger partial charge >= 0.3 is 11.9 Å². The Balaban J connectivity index is 2.45. The molecule has 0 bridgehead atoms. The standard InChI is InChI=1S/C14H10O8/c15-6-4-8(11(18)10(17)5-6)14(21)22-12-7(13(19)20)2-1-3-9(12)16/h1-5,15-18H,(H,19,20). The van der Waals surface area contributed by atoms with E-state index in [1.165, 1.54) is 6.07 Å². The van der Waals surface area contributed by atoms with Gasteiger partial charge in [-0.15, -0.1) is 0 Å². The molecule has 0 fully saturated rings. The second-order valence-corrected chi connectivity index (χ2v) is 4.21. The van der Waals surface area contributed by atoms with Gasteiger partial charge in [0.05, 0.1) is 0 Å². The molecule has 0 radical (unpaired) electrons. The number of rotatable bonds is 3. The van der Waals surface area contributed by atoms with Gasteiger partial charge in [-0.3, -0.25) is 0 Å². The number of hydrogen-bond acceptors (Lipinski definition) is 7. The Morgan fingerprint density at radius 2 is 1.59 bits per heavy atom. The predicted molar refractivity (Wildman–Crippen MR) is 71.5 cm³/mol. The van der Waals surface area contributed by atoms with Gasteiger partial charge in [-0.2, -0.15) is 0 Å². The number of phenolic OH excluding ortho intramolecular Hbond substituents is 4. The highest BCUT2D eigenvalue weighted by molar-refractivity contribution is 5.98. The van der Waals surface area contributed by atoms with Crippen LogP contribution < -0.4 is 4.74 Å². The number of carbonyl (C=O) groups excluding carboxylic acids is 1. The van der Waals surface area contributed by atoms with Crippen molar-refractivity contribution in [2.24, 2.45) is 0 Å². The number of phenols is 4. The highest BCUT2D eigenvalue weighted by Gasteiger charge is 2.23. The van der Waals surface area contributed by atoms with E-state index >= 15 is 0 Å². The maximum absolute atomic E-state index is 12.0. The van der Waals surface area contributed by atoms with Crippen molar-refractivity contribution >= 4 is 11.9 Å². The molecule has 114 valence electrons. The first-order chi connectivity index (χ1) is 10.3. The summed E-state index contributed by atoms with van der Waals surface area (Å²) in [4.78, 5) is 23.0. The minimum absolute atomic E-state index is 0.475. The monoisotopic (exact) mass is 306 g/mol. The van der Waals surface area contributed by atoms with E-state index < -0.39 is 51.8 Å². The number of hydrogen-bond donors (Lipinski definition) is 5. The molecule has 2 aromatic rings. The second kappa shape index (κ2) is 5.52. The lowest BCUT2D eigenvalue weighted by Gasteiger charge is -2.10. The first-order valence-corrected chi connectivity index (χ1v) is 5.83. The summed E-state index contributed by atoms with van der Waals surface area (Å²) in [6.45, 7) is 0. The summed E-state index contributed by atoms with van der Waals surface area (Å²) in [6.07, 6.45) is 0. The molecule has 0 saturated heterocycles. The van der Waals surface area contributed by atoms with Gasteiger partial charge in [-0.05, 0) is 18.2 Å². The third-order valence-corrected chi connectivity index (χ3v) is 2.71. The van der Waals surface area contributed by atoms with Crippen LogP contribution in [-0.2, 0) is 0 Å². The fourth-order valence-electron chi connectivity index (χ4n) is 1.71. The van der Waals surface area contributed by atoms with Gasteiger partial charge in [0.15, 0.2) is 23.0 Å². The van der Waals surface area contributed by atoms with Crippen LogP contribution in [0.4, 0.5) is 0 Å². The van der Waals surface area contributed by atoms with Gasteiger partial charge in [-0.1, -0.05) is 6.07 Å². The van der Waals surface area contributed by atoms with E-state index in [-0.39, 0.29) is 0 Å². The van der Waals surface area contributed by atoms with E-state index in [2.05, 4.69) is 0 Å². The molecule has 2 rings (SSSR count). The van der Waals surface area contributed by atoms with Crippen molar-refractivity contribution in [3.05, 3.63) is 41.5 Å². The zero-order valence-corrected chi connectivity index (χ0v) is 10.8. The van der Waals surface area contributed by atoms with Crippen LogP contribution in [0.5, 0.6) is 28.7 Å². The molecular formula is C14H10O8. The Morgan fingerprint density at radius 3 is 2.23 bits per heavy atom. The van der Waals surface area contributed by atoms with Crippen molar-refractivity contribution in [3.63, 3.8) is 0 Å². The topological polar surface area (TPSA) is 145 Å². The Kier molecular flexibility index (Phi) is 3.76. The Hall–Kier alpha value is -3.42. The predicted octanol–water partition coefficient (Wildman–Crippen LogP) is 1.43. The Bertz CT molecular complexity index is 766. The van der Waals surface area contributed by atoms with Crippen molar-refractivity contribution < 1.29 is 39.9 Å². The lowest BCUT2D eigenvalue weighted by molar-refractivity contribution is 0.0677. The van der Waals surface area contributed by atoms with Crippen LogP contribution in [-0.4, -0.2) is 37.5 Å². The van der Waals surface area contributed by atoms with E-state index in [9.17, 15) is 30.0 Å². The van der Waals surface area contributed by atoms with Gasteiger partial charge in [0.1, 0.15) is 16.9 Å². The van der Waals surface area contributed by atoms with Crippen molar-refractivity contribution in [2.75, 3.05) is 0 Å². The fourth-order valence-corrected chi connectivity index (χ4v) is 1.71. The van der Waals surface area contributed by atoms with E-state index in [0.717, 1.165) is 24.3 Å². The second-order valence-electron chi connectivity index (χ2n) is 4.21. The normalized spacial score (nSPS) is 10.2. The molecule has 0 aliphatic carbocycles. The minimum atomic E-state index is -1.44. The van der Waals surface area contributed by atoms with Crippen LogP contribution in [0.1, 0.15) is 20.7 Å². The van der Waals surface area contributed by atoms with Crippen LogP contribution in [0, 0.1) is 0 Å². The molecule has 0 heterocycles. The molecule has 0 amide bonds. The van der Waals surface area contributed by atoms with Crippen molar-refractivity contribution in [2.45, 2.75) is 0 Å². The summed E-state index contributed by atoms with van der Waals surface area (Å²) in [5.41, 5.74) is -1.07. The van der Waals surface area contributed by atoms with E-state index in [1.54, 1.807) is 0 Å². The van der Waals surface area contributed by atoms with Crippen LogP contribution >= 0.6 is 0 Å². The van der Waals surface area contributed by atoms with Gasteiger partial charge in [0.2, 0.25) is 0 Å². The molecule has 0 aliphatic heterocycles. The summed E-state index contributed by atoms with van der Waals surface area (Å²) in [5.74, 6) is -6.07. The summed E-state index contributed by atoms with van der Waals surface area (Å²) >= 11 is 0. The highest BCUT2D eigenvalue weighted by Crippen LogP contribution is 2.36. The Labute approximate surface area is 123 Å². The Morgan fingerprint density at radius 1 is 0.909 bits per heavy atom. The summed E-state index contributed by atoms with van der Waals surface area (Å²) in [6, 6.07) is 5.07. The molecule has 8 heteroatoms. The zero-order chi connectivity index (χ0) is 16.4. The number of para-hydroxylation sites is 1. The van der Waals surface area contributed by atoms with Crippen molar-refractivity contribution in [1.29, 1.82) is 0 Å². The van der Waals surface area contributed by atoms with Gasteiger partial charge in [-0.25, -0.2) is 9.59 Å². The SMILES string of the molecule is O=C(Oc1c(O)cccc1C(=O)O)c1cc(O)cc(O)c1O. The molecule has 0 spiro atoms. The summed E-state index contributed by atoms with van der Waals surface area (Å²) < 4.78 is 4.76. The molecule has 2 aromatic carbocycles. The number of esters is 1. The fraction of sp³-hybridized carbons (Fsp3) is 0. The summed E-state index contributed by atoms with van der Waals surface area (Å²) in [5, 5.41) is 46.8. The molecule has 22 heavy (non-hydrogen) atoms. The third-order valence-electron chi connectivity index (χ3n) is 2.71. The number of aromatic carboxylic acids is 1. The molecule has 0 aliphatic rings. The molecule has 5 N–H and O–H groups in total. The number of benzene rings is 2. The van der Waals surface area contributed by atoms with E-state index in [4.69, 9.17) is 9.84 Å². The average molecular weight is 306 g/mol. The lowest BCUT2D eigenvalue weighted by Crippen LogP contribution is -2.12. The van der Waals surface area contributed by atoms with Gasteiger partial charge in [0, 0.05) is 6.07 Å². The van der Waals surface area contributed by atoms with Crippen molar-refractivity contribution in [3.8, 4) is 28.7 Å². The number of carboxylic acids is 1. The van der Waals surface area contributed by atoms with Crippen LogP contribution in [0.2, 0.25) is 0 Å². The van der Waals surface area contributed by atoms with E-state index in [1.807, 2.05) is 0 Å². The first-order valence-electron chi connectivity index (χ1n) is 5.83. The van der Waals surface area contributed by atoms with Crippen molar-refractivity contribution in [1.82, 2.24) is 0 Å². The molecule has 0 unspecified atom stereocenters. The quantitative estimate of drug-likeness (QED) is 0.248. The molecular weight excluding hydrogens is 296 g/mol. The smallest absolute Gasteiger partial charge is 0.347 e. The minimum Gasteiger partial charge on any atom is -0.508 e. The molecule has 0 atom stereocenters. The largest absolute Gasteiger partial charge is 0.508 e. The number of aromatic hydroxyl groups is 4. The number of carboxylic acid groups (broad SMARTS) is 1. The maximum Gasteiger partial charge on any atom is 0.347 e. The van der Waals surface area contributed by atoms with E-state index in [0.29, 0.717) is 0 Å². The van der Waals surface area contributed by atoms with Crippen LogP contribution in [0.15, 0.2) is 30.3 Å². The number of ether oxygens (including phenoxy) is 1. The van der Waals surface area contributed by atoms with Crippen LogP contribution in [0.3, 0.4) is 0 Å². The maximum atomic E-state index is 12.0. The molecule has 0 aromatic heterocycles. The van der Waals surface area contributed by atoms with Gasteiger partial charge in [0.25, 0.3) is 0 Å². The third kappa shape index (κ3) is 2.70. The number of carbonyl (C=O) groups is 2. The highest BCUT2D eigenvalue weighted by atomic mass is 16.5. The van der Waals surface area contributed by atoms with Gasteiger partial charge < -0.3 is 30.3 Å². The zero-order valence-electron chi connectivity index (χ0n) is 10.8. The average Bonchev–Trinajstić information content (AvgIpc) is 2.44.